The van der Waals surface area contributed by atoms with Gasteiger partial charge in [0, 0.05) is 16.3 Å². The number of hydrogen-bond acceptors (Lipinski definition) is 2. The first-order chi connectivity index (χ1) is 9.33. The summed E-state index contributed by atoms with van der Waals surface area (Å²) in [5.41, 5.74) is 2.79. The molecular formula is C17H23NS. The van der Waals surface area contributed by atoms with Gasteiger partial charge in [0.1, 0.15) is 0 Å². The molecular weight excluding hydrogens is 250 g/mol. The highest BCUT2D eigenvalue weighted by Crippen LogP contribution is 2.28. The third kappa shape index (κ3) is 4.19. The van der Waals surface area contributed by atoms with Gasteiger partial charge >= 0.3 is 0 Å². The molecule has 0 spiro atoms. The lowest BCUT2D eigenvalue weighted by molar-refractivity contribution is 0.735. The summed E-state index contributed by atoms with van der Waals surface area (Å²) in [6.45, 7) is 6.39. The van der Waals surface area contributed by atoms with Crippen LogP contribution in [0.1, 0.15) is 37.1 Å². The van der Waals surface area contributed by atoms with E-state index in [1.54, 1.807) is 0 Å². The Labute approximate surface area is 120 Å². The Kier molecular flexibility index (Phi) is 5.62. The fourth-order valence-corrected chi connectivity index (χ4v) is 3.08. The molecule has 1 N–H and O–H groups in total. The van der Waals surface area contributed by atoms with Crippen LogP contribution in [-0.2, 0) is 13.0 Å². The van der Waals surface area contributed by atoms with E-state index in [1.807, 2.05) is 11.3 Å². The maximum atomic E-state index is 3.37. The molecule has 0 unspecified atom stereocenters. The molecule has 0 aliphatic carbocycles. The van der Waals surface area contributed by atoms with Gasteiger partial charge in [0.05, 0.1) is 0 Å². The predicted molar refractivity (Wildman–Crippen MR) is 85.7 cm³/mol. The highest BCUT2D eigenvalue weighted by molar-refractivity contribution is 7.15. The molecule has 0 saturated heterocycles. The standard InChI is InChI=1S/C17H23NS/c1-3-5-6-14-7-9-15(10-8-14)17-12-11-16(19-17)13-18-4-2/h7-12,18H,3-6,13H2,1-2H3. The predicted octanol–water partition coefficient (Wildman–Crippen LogP) is 4.87. The maximum absolute atomic E-state index is 3.37. The van der Waals surface area contributed by atoms with E-state index in [0.717, 1.165) is 13.1 Å². The van der Waals surface area contributed by atoms with Gasteiger partial charge in [-0.15, -0.1) is 11.3 Å². The summed E-state index contributed by atoms with van der Waals surface area (Å²) in [4.78, 5) is 2.78. The molecule has 0 saturated carbocycles. The lowest BCUT2D eigenvalue weighted by Gasteiger charge is -2.02. The van der Waals surface area contributed by atoms with Crippen LogP contribution in [0.5, 0.6) is 0 Å². The summed E-state index contributed by atoms with van der Waals surface area (Å²) in [5.74, 6) is 0. The van der Waals surface area contributed by atoms with Gasteiger partial charge in [-0.1, -0.05) is 44.5 Å². The molecule has 0 radical (unpaired) electrons. The van der Waals surface area contributed by atoms with Crippen LogP contribution in [0.15, 0.2) is 36.4 Å². The van der Waals surface area contributed by atoms with Gasteiger partial charge < -0.3 is 5.32 Å². The van der Waals surface area contributed by atoms with Crippen molar-refractivity contribution in [2.45, 2.75) is 39.7 Å². The van der Waals surface area contributed by atoms with Gasteiger partial charge in [-0.05, 0) is 42.6 Å². The van der Waals surface area contributed by atoms with Gasteiger partial charge in [0.25, 0.3) is 0 Å². The van der Waals surface area contributed by atoms with Crippen LogP contribution in [0.3, 0.4) is 0 Å². The highest BCUT2D eigenvalue weighted by Gasteiger charge is 2.02. The third-order valence-corrected chi connectivity index (χ3v) is 4.40. The quantitative estimate of drug-likeness (QED) is 0.759. The second kappa shape index (κ2) is 7.46. The van der Waals surface area contributed by atoms with Crippen LogP contribution in [0.25, 0.3) is 10.4 Å². The van der Waals surface area contributed by atoms with Crippen LogP contribution in [0, 0.1) is 0 Å². The lowest BCUT2D eigenvalue weighted by Crippen LogP contribution is -2.10. The Morgan fingerprint density at radius 2 is 1.79 bits per heavy atom. The molecule has 2 aromatic rings. The van der Waals surface area contributed by atoms with Crippen molar-refractivity contribution < 1.29 is 0 Å². The van der Waals surface area contributed by atoms with E-state index in [2.05, 4.69) is 55.6 Å². The molecule has 0 aliphatic heterocycles. The molecule has 2 rings (SSSR count). The molecule has 2 heteroatoms. The smallest absolute Gasteiger partial charge is 0.0346 e. The maximum Gasteiger partial charge on any atom is 0.0346 e. The average molecular weight is 273 g/mol. The molecule has 0 amide bonds. The van der Waals surface area contributed by atoms with Crippen LogP contribution in [0.2, 0.25) is 0 Å². The van der Waals surface area contributed by atoms with Crippen molar-refractivity contribution in [3.63, 3.8) is 0 Å². The van der Waals surface area contributed by atoms with Crippen molar-refractivity contribution in [2.75, 3.05) is 6.54 Å². The highest BCUT2D eigenvalue weighted by atomic mass is 32.1. The molecule has 0 fully saturated rings. The normalized spacial score (nSPS) is 10.8. The monoisotopic (exact) mass is 273 g/mol. The van der Waals surface area contributed by atoms with Gasteiger partial charge in [0.15, 0.2) is 0 Å². The molecule has 0 aliphatic rings. The molecule has 19 heavy (non-hydrogen) atoms. The summed E-state index contributed by atoms with van der Waals surface area (Å²) < 4.78 is 0. The van der Waals surface area contributed by atoms with Gasteiger partial charge in [-0.3, -0.25) is 0 Å². The fraction of sp³-hybridized carbons (Fsp3) is 0.412. The SMILES string of the molecule is CCCCc1ccc(-c2ccc(CNCC)s2)cc1. The second-order valence-corrected chi connectivity index (χ2v) is 6.02. The number of hydrogen-bond donors (Lipinski definition) is 1. The summed E-state index contributed by atoms with van der Waals surface area (Å²) in [7, 11) is 0. The summed E-state index contributed by atoms with van der Waals surface area (Å²) in [6, 6.07) is 13.5. The zero-order valence-corrected chi connectivity index (χ0v) is 12.7. The van der Waals surface area contributed by atoms with Crippen molar-refractivity contribution in [1.82, 2.24) is 5.32 Å². The third-order valence-electron chi connectivity index (χ3n) is 3.27. The summed E-state index contributed by atoms with van der Waals surface area (Å²) >= 11 is 1.89. The van der Waals surface area contributed by atoms with Crippen molar-refractivity contribution in [2.24, 2.45) is 0 Å². The Bertz CT molecular complexity index is 484. The minimum Gasteiger partial charge on any atom is -0.312 e. The molecule has 102 valence electrons. The number of thiophene rings is 1. The van der Waals surface area contributed by atoms with E-state index in [0.29, 0.717) is 0 Å². The van der Waals surface area contributed by atoms with Crippen LogP contribution < -0.4 is 5.32 Å². The minimum absolute atomic E-state index is 0.982. The van der Waals surface area contributed by atoms with E-state index in [1.165, 1.54) is 40.1 Å². The molecule has 0 atom stereocenters. The Hall–Kier alpha value is -1.12. The summed E-state index contributed by atoms with van der Waals surface area (Å²) in [6.07, 6.45) is 3.75. The number of nitrogens with one attached hydrogen (secondary N) is 1. The molecule has 0 bridgehead atoms. The van der Waals surface area contributed by atoms with Gasteiger partial charge in [-0.2, -0.15) is 0 Å². The van der Waals surface area contributed by atoms with E-state index in [-0.39, 0.29) is 0 Å². The first-order valence-electron chi connectivity index (χ1n) is 7.22. The first kappa shape index (κ1) is 14.3. The zero-order chi connectivity index (χ0) is 13.5. The van der Waals surface area contributed by atoms with Crippen LogP contribution in [0.4, 0.5) is 0 Å². The Morgan fingerprint density at radius 1 is 1.00 bits per heavy atom. The largest absolute Gasteiger partial charge is 0.312 e. The van der Waals surface area contributed by atoms with Crippen molar-refractivity contribution in [3.8, 4) is 10.4 Å². The topological polar surface area (TPSA) is 12.0 Å². The van der Waals surface area contributed by atoms with E-state index < -0.39 is 0 Å². The number of benzene rings is 1. The zero-order valence-electron chi connectivity index (χ0n) is 11.9. The Morgan fingerprint density at radius 3 is 2.47 bits per heavy atom. The number of unbranched alkanes of at least 4 members (excludes halogenated alkanes) is 1. The van der Waals surface area contributed by atoms with Crippen LogP contribution >= 0.6 is 11.3 Å². The molecule has 1 aromatic carbocycles. The van der Waals surface area contributed by atoms with E-state index in [4.69, 9.17) is 0 Å². The minimum atomic E-state index is 0.982. The first-order valence-corrected chi connectivity index (χ1v) is 8.04. The Balaban J connectivity index is 2.02. The van der Waals surface area contributed by atoms with Crippen molar-refractivity contribution >= 4 is 11.3 Å². The fourth-order valence-electron chi connectivity index (χ4n) is 2.09. The van der Waals surface area contributed by atoms with Crippen molar-refractivity contribution in [1.29, 1.82) is 0 Å². The van der Waals surface area contributed by atoms with Gasteiger partial charge in [0.2, 0.25) is 0 Å². The van der Waals surface area contributed by atoms with Crippen LogP contribution in [-0.4, -0.2) is 6.54 Å². The van der Waals surface area contributed by atoms with Crippen molar-refractivity contribution in [3.05, 3.63) is 46.8 Å². The average Bonchev–Trinajstić information content (AvgIpc) is 2.92. The lowest BCUT2D eigenvalue weighted by atomic mass is 10.1. The molecule has 1 heterocycles. The van der Waals surface area contributed by atoms with Gasteiger partial charge in [-0.25, -0.2) is 0 Å². The molecule has 1 aromatic heterocycles. The van der Waals surface area contributed by atoms with E-state index in [9.17, 15) is 0 Å². The number of rotatable bonds is 7. The number of aryl methyl sites for hydroxylation is 1. The second-order valence-electron chi connectivity index (χ2n) is 4.85. The summed E-state index contributed by atoms with van der Waals surface area (Å²) in [5, 5.41) is 3.37. The van der Waals surface area contributed by atoms with E-state index >= 15 is 0 Å². The molecule has 1 nitrogen and oxygen atoms in total.